The van der Waals surface area contributed by atoms with Gasteiger partial charge >= 0.3 is 0 Å². The Hall–Kier alpha value is -0.490. The highest BCUT2D eigenvalue weighted by Crippen LogP contribution is 2.44. The van der Waals surface area contributed by atoms with Crippen molar-refractivity contribution in [2.24, 2.45) is 0 Å². The highest BCUT2D eigenvalue weighted by Gasteiger charge is 2.33. The van der Waals surface area contributed by atoms with Crippen LogP contribution in [0.5, 0.6) is 5.75 Å². The molecule has 0 radical (unpaired) electrons. The summed E-state index contributed by atoms with van der Waals surface area (Å²) in [5.41, 5.74) is 3.42. The number of phenolic OH excluding ortho intramolecular Hbond substituents is 1. The molecule has 1 amide bonds. The van der Waals surface area contributed by atoms with E-state index in [1.54, 1.807) is 0 Å². The SMILES string of the molecule is CC1(C)CCc2c1cc(CNC(=O)CCl)c(O)c2I. The summed E-state index contributed by atoms with van der Waals surface area (Å²) < 4.78 is 0.913. The highest BCUT2D eigenvalue weighted by atomic mass is 127. The highest BCUT2D eigenvalue weighted by molar-refractivity contribution is 14.1. The van der Waals surface area contributed by atoms with Gasteiger partial charge in [-0.3, -0.25) is 4.79 Å². The van der Waals surface area contributed by atoms with E-state index < -0.39 is 0 Å². The van der Waals surface area contributed by atoms with Crippen LogP contribution in [0.25, 0.3) is 0 Å². The summed E-state index contributed by atoms with van der Waals surface area (Å²) in [5, 5.41) is 12.9. The first-order valence-corrected chi connectivity index (χ1v) is 7.84. The predicted molar refractivity (Wildman–Crippen MR) is 84.7 cm³/mol. The van der Waals surface area contributed by atoms with Gasteiger partial charge in [0.2, 0.25) is 5.91 Å². The van der Waals surface area contributed by atoms with Crippen molar-refractivity contribution >= 4 is 40.1 Å². The molecule has 0 saturated heterocycles. The third-order valence-electron chi connectivity index (χ3n) is 3.75. The van der Waals surface area contributed by atoms with Gasteiger partial charge in [0.1, 0.15) is 11.6 Å². The molecule has 0 bridgehead atoms. The van der Waals surface area contributed by atoms with Crippen molar-refractivity contribution in [3.8, 4) is 5.75 Å². The van der Waals surface area contributed by atoms with Gasteiger partial charge < -0.3 is 10.4 Å². The molecule has 1 aliphatic rings. The first-order valence-electron chi connectivity index (χ1n) is 6.23. The van der Waals surface area contributed by atoms with Crippen molar-refractivity contribution in [1.29, 1.82) is 0 Å². The third kappa shape index (κ3) is 2.84. The molecule has 1 aliphatic carbocycles. The van der Waals surface area contributed by atoms with Gasteiger partial charge in [0.05, 0.1) is 3.57 Å². The lowest BCUT2D eigenvalue weighted by Crippen LogP contribution is -2.24. The number of rotatable bonds is 3. The van der Waals surface area contributed by atoms with Gasteiger partial charge in [0, 0.05) is 12.1 Å². The zero-order valence-corrected chi connectivity index (χ0v) is 13.9. The molecule has 0 aromatic heterocycles. The fourth-order valence-electron chi connectivity index (χ4n) is 2.53. The minimum absolute atomic E-state index is 0.0612. The van der Waals surface area contributed by atoms with E-state index in [2.05, 4.69) is 41.8 Å². The zero-order chi connectivity index (χ0) is 14.2. The number of aromatic hydroxyl groups is 1. The lowest BCUT2D eigenvalue weighted by molar-refractivity contribution is -0.118. The zero-order valence-electron chi connectivity index (χ0n) is 11.0. The molecule has 2 rings (SSSR count). The molecule has 3 nitrogen and oxygen atoms in total. The molecule has 104 valence electrons. The number of fused-ring (bicyclic) bond motifs is 1. The largest absolute Gasteiger partial charge is 0.506 e. The number of benzene rings is 1. The number of hydrogen-bond acceptors (Lipinski definition) is 2. The first-order chi connectivity index (χ1) is 8.86. The number of halogens is 2. The Morgan fingerprint density at radius 2 is 2.26 bits per heavy atom. The van der Waals surface area contributed by atoms with E-state index in [0.717, 1.165) is 22.0 Å². The molecule has 0 aliphatic heterocycles. The van der Waals surface area contributed by atoms with Crippen LogP contribution in [0.3, 0.4) is 0 Å². The van der Waals surface area contributed by atoms with Gasteiger partial charge in [-0.05, 0) is 58.0 Å². The van der Waals surface area contributed by atoms with E-state index in [0.29, 0.717) is 6.54 Å². The number of nitrogens with one attached hydrogen (secondary N) is 1. The lowest BCUT2D eigenvalue weighted by atomic mass is 9.85. The summed E-state index contributed by atoms with van der Waals surface area (Å²) >= 11 is 7.64. The Kier molecular flexibility index (Phi) is 4.30. The molecule has 1 aromatic carbocycles. The van der Waals surface area contributed by atoms with Crippen LogP contribution in [0.2, 0.25) is 0 Å². The molecule has 0 fully saturated rings. The Balaban J connectivity index is 2.36. The van der Waals surface area contributed by atoms with Gasteiger partial charge in [-0.1, -0.05) is 13.8 Å². The smallest absolute Gasteiger partial charge is 0.235 e. The van der Waals surface area contributed by atoms with Gasteiger partial charge in [0.15, 0.2) is 0 Å². The van der Waals surface area contributed by atoms with Crippen LogP contribution in [-0.4, -0.2) is 16.9 Å². The second-order valence-electron chi connectivity index (χ2n) is 5.52. The van der Waals surface area contributed by atoms with Crippen molar-refractivity contribution in [3.63, 3.8) is 0 Å². The van der Waals surface area contributed by atoms with Crippen molar-refractivity contribution < 1.29 is 9.90 Å². The standard InChI is InChI=1S/C14H17ClINO2/c1-14(2)4-3-9-10(14)5-8(13(19)12(9)16)7-17-11(18)6-15/h5,19H,3-4,6-7H2,1-2H3,(H,17,18). The average molecular weight is 394 g/mol. The molecule has 0 spiro atoms. The minimum Gasteiger partial charge on any atom is -0.506 e. The minimum atomic E-state index is -0.226. The van der Waals surface area contributed by atoms with Gasteiger partial charge in [-0.2, -0.15) is 0 Å². The fourth-order valence-corrected chi connectivity index (χ4v) is 3.53. The Bertz CT molecular complexity index is 529. The van der Waals surface area contributed by atoms with Crippen molar-refractivity contribution in [1.82, 2.24) is 5.32 Å². The van der Waals surface area contributed by atoms with Crippen LogP contribution < -0.4 is 5.32 Å². The summed E-state index contributed by atoms with van der Waals surface area (Å²) in [6, 6.07) is 2.02. The van der Waals surface area contributed by atoms with E-state index in [-0.39, 0.29) is 23.0 Å². The average Bonchev–Trinajstić information content (AvgIpc) is 2.67. The van der Waals surface area contributed by atoms with Crippen LogP contribution >= 0.6 is 34.2 Å². The van der Waals surface area contributed by atoms with Crippen molar-refractivity contribution in [2.75, 3.05) is 5.88 Å². The maximum absolute atomic E-state index is 11.2. The Labute approximate surface area is 131 Å². The Morgan fingerprint density at radius 3 is 2.89 bits per heavy atom. The molecule has 0 saturated carbocycles. The molecule has 0 unspecified atom stereocenters. The van der Waals surface area contributed by atoms with Crippen LogP contribution in [-0.2, 0) is 23.2 Å². The number of phenols is 1. The maximum atomic E-state index is 11.2. The van der Waals surface area contributed by atoms with E-state index in [9.17, 15) is 9.90 Å². The number of carbonyl (C=O) groups excluding carboxylic acids is 1. The summed E-state index contributed by atoms with van der Waals surface area (Å²) in [6.45, 7) is 4.75. The quantitative estimate of drug-likeness (QED) is 0.612. The van der Waals surface area contributed by atoms with E-state index >= 15 is 0 Å². The van der Waals surface area contributed by atoms with E-state index in [1.807, 2.05) is 6.07 Å². The number of alkyl halides is 1. The van der Waals surface area contributed by atoms with Crippen LogP contribution in [0.4, 0.5) is 0 Å². The summed E-state index contributed by atoms with van der Waals surface area (Å²) in [6.07, 6.45) is 2.09. The molecule has 0 heterocycles. The molecular formula is C14H17ClINO2. The lowest BCUT2D eigenvalue weighted by Gasteiger charge is -2.21. The van der Waals surface area contributed by atoms with Crippen LogP contribution in [0.1, 0.15) is 37.0 Å². The second kappa shape index (κ2) is 5.48. The number of hydrogen-bond donors (Lipinski definition) is 2. The van der Waals surface area contributed by atoms with Crippen molar-refractivity contribution in [3.05, 3.63) is 26.3 Å². The second-order valence-corrected chi connectivity index (χ2v) is 6.86. The molecule has 0 atom stereocenters. The molecular weight excluding hydrogens is 377 g/mol. The van der Waals surface area contributed by atoms with Gasteiger partial charge in [-0.25, -0.2) is 0 Å². The summed E-state index contributed by atoms with van der Waals surface area (Å²) in [4.78, 5) is 11.2. The van der Waals surface area contributed by atoms with E-state index in [1.165, 1.54) is 11.1 Å². The topological polar surface area (TPSA) is 49.3 Å². The fraction of sp³-hybridized carbons (Fsp3) is 0.500. The number of amides is 1. The maximum Gasteiger partial charge on any atom is 0.235 e. The third-order valence-corrected chi connectivity index (χ3v) is 5.15. The van der Waals surface area contributed by atoms with Gasteiger partial charge in [0.25, 0.3) is 0 Å². The monoisotopic (exact) mass is 393 g/mol. The molecule has 5 heteroatoms. The number of carbonyl (C=O) groups is 1. The first kappa shape index (κ1) is 14.9. The molecule has 2 N–H and O–H groups in total. The molecule has 19 heavy (non-hydrogen) atoms. The Morgan fingerprint density at radius 1 is 1.58 bits per heavy atom. The summed E-state index contributed by atoms with van der Waals surface area (Å²) in [5.74, 6) is -0.00312. The van der Waals surface area contributed by atoms with E-state index in [4.69, 9.17) is 11.6 Å². The molecule has 1 aromatic rings. The van der Waals surface area contributed by atoms with Crippen molar-refractivity contribution in [2.45, 2.75) is 38.6 Å². The normalized spacial score (nSPS) is 16.2. The predicted octanol–water partition coefficient (Wildman–Crippen LogP) is 3.08. The summed E-state index contributed by atoms with van der Waals surface area (Å²) in [7, 11) is 0. The van der Waals surface area contributed by atoms with Crippen LogP contribution in [0.15, 0.2) is 6.07 Å². The van der Waals surface area contributed by atoms with Gasteiger partial charge in [-0.15, -0.1) is 11.6 Å². The van der Waals surface area contributed by atoms with Crippen LogP contribution in [0, 0.1) is 3.57 Å².